The zero-order chi connectivity index (χ0) is 18.8. The SMILES string of the molecule is CCN(Cc1cccc(F)c1)C(=O)Cn1c2ccccc2c2ccccc21. The van der Waals surface area contributed by atoms with Crippen LogP contribution >= 0.6 is 0 Å². The molecule has 1 aromatic heterocycles. The number of rotatable bonds is 5. The first-order chi connectivity index (χ1) is 13.2. The third-order valence-electron chi connectivity index (χ3n) is 4.97. The molecule has 136 valence electrons. The lowest BCUT2D eigenvalue weighted by molar-refractivity contribution is -0.132. The van der Waals surface area contributed by atoms with Gasteiger partial charge in [-0.15, -0.1) is 0 Å². The summed E-state index contributed by atoms with van der Waals surface area (Å²) in [6.07, 6.45) is 0. The highest BCUT2D eigenvalue weighted by Gasteiger charge is 2.17. The van der Waals surface area contributed by atoms with E-state index in [0.29, 0.717) is 13.1 Å². The number of halogens is 1. The zero-order valence-electron chi connectivity index (χ0n) is 15.2. The molecular weight excluding hydrogens is 339 g/mol. The van der Waals surface area contributed by atoms with Gasteiger partial charge >= 0.3 is 0 Å². The second-order valence-corrected chi connectivity index (χ2v) is 6.66. The van der Waals surface area contributed by atoms with Gasteiger partial charge in [-0.3, -0.25) is 4.79 Å². The van der Waals surface area contributed by atoms with E-state index in [0.717, 1.165) is 27.4 Å². The van der Waals surface area contributed by atoms with Crippen LogP contribution in [0.1, 0.15) is 12.5 Å². The quantitative estimate of drug-likeness (QED) is 0.493. The van der Waals surface area contributed by atoms with Gasteiger partial charge in [-0.1, -0.05) is 48.5 Å². The number of likely N-dealkylation sites (N-methyl/N-ethyl adjacent to an activating group) is 1. The Bertz CT molecular complexity index is 1060. The molecule has 0 atom stereocenters. The first-order valence-corrected chi connectivity index (χ1v) is 9.15. The Kier molecular flexibility index (Phi) is 4.63. The molecule has 0 spiro atoms. The molecule has 0 N–H and O–H groups in total. The third-order valence-corrected chi connectivity index (χ3v) is 4.97. The Morgan fingerprint density at radius 1 is 0.926 bits per heavy atom. The van der Waals surface area contributed by atoms with Crippen LogP contribution < -0.4 is 0 Å². The van der Waals surface area contributed by atoms with Crippen LogP contribution in [0.25, 0.3) is 21.8 Å². The standard InChI is InChI=1S/C23H21FN2O/c1-2-25(15-17-8-7-9-18(24)14-17)23(27)16-26-21-12-5-3-10-19(21)20-11-4-6-13-22(20)26/h3-14H,2,15-16H2,1H3. The van der Waals surface area contributed by atoms with Crippen LogP contribution in [0.3, 0.4) is 0 Å². The van der Waals surface area contributed by atoms with E-state index in [1.807, 2.05) is 49.4 Å². The molecule has 4 heteroatoms. The van der Waals surface area contributed by atoms with Gasteiger partial charge in [0.1, 0.15) is 12.4 Å². The van der Waals surface area contributed by atoms with Crippen LogP contribution in [-0.2, 0) is 17.9 Å². The summed E-state index contributed by atoms with van der Waals surface area (Å²) in [6.45, 7) is 3.19. The first-order valence-electron chi connectivity index (χ1n) is 9.15. The third kappa shape index (κ3) is 3.31. The van der Waals surface area contributed by atoms with E-state index >= 15 is 0 Å². The number of para-hydroxylation sites is 2. The minimum Gasteiger partial charge on any atom is -0.337 e. The van der Waals surface area contributed by atoms with Gasteiger partial charge in [0, 0.05) is 34.9 Å². The van der Waals surface area contributed by atoms with Gasteiger partial charge in [0.05, 0.1) is 0 Å². The van der Waals surface area contributed by atoms with Crippen molar-refractivity contribution in [1.29, 1.82) is 0 Å². The molecule has 1 heterocycles. The number of nitrogens with zero attached hydrogens (tertiary/aromatic N) is 2. The second kappa shape index (κ2) is 7.23. The second-order valence-electron chi connectivity index (χ2n) is 6.66. The molecule has 1 amide bonds. The van der Waals surface area contributed by atoms with E-state index in [-0.39, 0.29) is 18.3 Å². The predicted molar refractivity (Wildman–Crippen MR) is 107 cm³/mol. The summed E-state index contributed by atoms with van der Waals surface area (Å²) in [5.41, 5.74) is 2.90. The molecule has 4 rings (SSSR count). The van der Waals surface area contributed by atoms with Crippen LogP contribution in [0.5, 0.6) is 0 Å². The molecule has 0 radical (unpaired) electrons. The van der Waals surface area contributed by atoms with Gasteiger partial charge in [0.2, 0.25) is 5.91 Å². The lowest BCUT2D eigenvalue weighted by Crippen LogP contribution is -2.33. The van der Waals surface area contributed by atoms with Gasteiger partial charge in [-0.05, 0) is 36.8 Å². The topological polar surface area (TPSA) is 25.2 Å². The van der Waals surface area contributed by atoms with Crippen molar-refractivity contribution in [2.45, 2.75) is 20.0 Å². The van der Waals surface area contributed by atoms with Gasteiger partial charge in [-0.2, -0.15) is 0 Å². The van der Waals surface area contributed by atoms with Crippen molar-refractivity contribution >= 4 is 27.7 Å². The molecule has 0 saturated carbocycles. The molecule has 0 unspecified atom stereocenters. The molecule has 0 bridgehead atoms. The molecule has 3 aromatic carbocycles. The largest absolute Gasteiger partial charge is 0.337 e. The number of carbonyl (C=O) groups excluding carboxylic acids is 1. The van der Waals surface area contributed by atoms with E-state index in [2.05, 4.69) is 16.7 Å². The lowest BCUT2D eigenvalue weighted by atomic mass is 10.2. The molecular formula is C23H21FN2O. The van der Waals surface area contributed by atoms with E-state index < -0.39 is 0 Å². The smallest absolute Gasteiger partial charge is 0.242 e. The highest BCUT2D eigenvalue weighted by atomic mass is 19.1. The number of benzene rings is 3. The number of hydrogen-bond donors (Lipinski definition) is 0. The van der Waals surface area contributed by atoms with Crippen LogP contribution in [0.2, 0.25) is 0 Å². The van der Waals surface area contributed by atoms with Crippen LogP contribution in [0.4, 0.5) is 4.39 Å². The number of fused-ring (bicyclic) bond motifs is 3. The maximum absolute atomic E-state index is 13.5. The summed E-state index contributed by atoms with van der Waals surface area (Å²) in [4.78, 5) is 14.8. The van der Waals surface area contributed by atoms with E-state index in [9.17, 15) is 9.18 Å². The molecule has 0 aliphatic rings. The Balaban J connectivity index is 1.67. The number of aromatic nitrogens is 1. The van der Waals surface area contributed by atoms with Crippen molar-refractivity contribution in [3.05, 3.63) is 84.2 Å². The number of amides is 1. The highest BCUT2D eigenvalue weighted by Crippen LogP contribution is 2.28. The minimum absolute atomic E-state index is 0.0215. The Hall–Kier alpha value is -3.14. The summed E-state index contributed by atoms with van der Waals surface area (Å²) in [5.74, 6) is -0.258. The Labute approximate surface area is 157 Å². The zero-order valence-corrected chi connectivity index (χ0v) is 15.2. The van der Waals surface area contributed by atoms with Gasteiger partial charge in [-0.25, -0.2) is 4.39 Å². The molecule has 27 heavy (non-hydrogen) atoms. The summed E-state index contributed by atoms with van der Waals surface area (Å²) in [7, 11) is 0. The molecule has 0 saturated heterocycles. The van der Waals surface area contributed by atoms with Crippen molar-refractivity contribution < 1.29 is 9.18 Å². The molecule has 0 aliphatic carbocycles. The summed E-state index contributed by atoms with van der Waals surface area (Å²) in [5, 5.41) is 2.29. The summed E-state index contributed by atoms with van der Waals surface area (Å²) in [6, 6.07) is 22.7. The van der Waals surface area contributed by atoms with Crippen molar-refractivity contribution in [3.8, 4) is 0 Å². The van der Waals surface area contributed by atoms with Crippen LogP contribution in [0.15, 0.2) is 72.8 Å². The lowest BCUT2D eigenvalue weighted by Gasteiger charge is -2.22. The maximum atomic E-state index is 13.5. The average molecular weight is 360 g/mol. The van der Waals surface area contributed by atoms with Gasteiger partial charge in [0.15, 0.2) is 0 Å². The Morgan fingerprint density at radius 3 is 2.15 bits per heavy atom. The fourth-order valence-electron chi connectivity index (χ4n) is 3.64. The van der Waals surface area contributed by atoms with Crippen molar-refractivity contribution in [3.63, 3.8) is 0 Å². The fraction of sp³-hybridized carbons (Fsp3) is 0.174. The number of hydrogen-bond acceptors (Lipinski definition) is 1. The molecule has 0 fully saturated rings. The van der Waals surface area contributed by atoms with E-state index in [4.69, 9.17) is 0 Å². The predicted octanol–water partition coefficient (Wildman–Crippen LogP) is 4.98. The number of carbonyl (C=O) groups is 1. The average Bonchev–Trinajstić information content (AvgIpc) is 3.00. The van der Waals surface area contributed by atoms with Crippen molar-refractivity contribution in [2.24, 2.45) is 0 Å². The normalized spacial score (nSPS) is 11.2. The molecule has 0 aliphatic heterocycles. The van der Waals surface area contributed by atoms with Crippen LogP contribution in [0, 0.1) is 5.82 Å². The highest BCUT2D eigenvalue weighted by molar-refractivity contribution is 6.08. The summed E-state index contributed by atoms with van der Waals surface area (Å²) < 4.78 is 15.5. The molecule has 3 nitrogen and oxygen atoms in total. The monoisotopic (exact) mass is 360 g/mol. The Morgan fingerprint density at radius 2 is 1.56 bits per heavy atom. The van der Waals surface area contributed by atoms with E-state index in [1.165, 1.54) is 12.1 Å². The van der Waals surface area contributed by atoms with Crippen molar-refractivity contribution in [2.75, 3.05) is 6.54 Å². The van der Waals surface area contributed by atoms with E-state index in [1.54, 1.807) is 11.0 Å². The van der Waals surface area contributed by atoms with Gasteiger partial charge < -0.3 is 9.47 Å². The maximum Gasteiger partial charge on any atom is 0.242 e. The minimum atomic E-state index is -0.279. The first kappa shape index (κ1) is 17.3. The fourth-order valence-corrected chi connectivity index (χ4v) is 3.64. The summed E-state index contributed by atoms with van der Waals surface area (Å²) >= 11 is 0. The van der Waals surface area contributed by atoms with Crippen LogP contribution in [-0.4, -0.2) is 21.9 Å². The molecule has 4 aromatic rings. The van der Waals surface area contributed by atoms with Crippen molar-refractivity contribution in [1.82, 2.24) is 9.47 Å². The van der Waals surface area contributed by atoms with Gasteiger partial charge in [0.25, 0.3) is 0 Å².